The molecule has 1 aromatic rings. The first-order chi connectivity index (χ1) is 9.65. The average Bonchev–Trinajstić information content (AvgIpc) is 3.03. The van der Waals surface area contributed by atoms with E-state index in [0.29, 0.717) is 12.0 Å². The van der Waals surface area contributed by atoms with Gasteiger partial charge in [0, 0.05) is 23.2 Å². The van der Waals surface area contributed by atoms with Gasteiger partial charge in [-0.1, -0.05) is 15.9 Å². The Balaban J connectivity index is 0.00000161. The summed E-state index contributed by atoms with van der Waals surface area (Å²) in [5.41, 5.74) is 1.28. The molecular formula is C15H21BrClN3O. The summed E-state index contributed by atoms with van der Waals surface area (Å²) >= 11 is 3.39. The Morgan fingerprint density at radius 2 is 2.10 bits per heavy atom. The molecule has 1 amide bonds. The Bertz CT molecular complexity index is 488. The summed E-state index contributed by atoms with van der Waals surface area (Å²) in [5, 5.41) is 6.40. The Morgan fingerprint density at radius 1 is 1.33 bits per heavy atom. The van der Waals surface area contributed by atoms with Crippen LogP contribution >= 0.6 is 28.3 Å². The molecule has 0 bridgehead atoms. The second kappa shape index (κ2) is 7.09. The molecule has 116 valence electrons. The molecule has 1 spiro atoms. The van der Waals surface area contributed by atoms with Crippen molar-refractivity contribution in [2.75, 3.05) is 38.0 Å². The van der Waals surface area contributed by atoms with E-state index in [2.05, 4.69) is 31.5 Å². The number of amides is 1. The van der Waals surface area contributed by atoms with Gasteiger partial charge >= 0.3 is 0 Å². The minimum atomic E-state index is 0. The van der Waals surface area contributed by atoms with Gasteiger partial charge in [0.15, 0.2) is 0 Å². The predicted octanol–water partition coefficient (Wildman–Crippen LogP) is 2.49. The fourth-order valence-corrected chi connectivity index (χ4v) is 3.51. The number of carbonyl (C=O) groups excluding carboxylic acids is 1. The first-order valence-electron chi connectivity index (χ1n) is 7.14. The molecule has 2 N–H and O–H groups in total. The molecule has 1 atom stereocenters. The lowest BCUT2D eigenvalue weighted by Crippen LogP contribution is -2.34. The van der Waals surface area contributed by atoms with Crippen LogP contribution in [-0.2, 0) is 4.79 Å². The average molecular weight is 375 g/mol. The third-order valence-electron chi connectivity index (χ3n) is 4.34. The molecule has 0 aliphatic carbocycles. The minimum absolute atomic E-state index is 0. The maximum atomic E-state index is 12.1. The molecule has 2 aliphatic rings. The van der Waals surface area contributed by atoms with Gasteiger partial charge in [0.1, 0.15) is 0 Å². The summed E-state index contributed by atoms with van der Waals surface area (Å²) in [6.45, 7) is 4.82. The lowest BCUT2D eigenvalue weighted by Gasteiger charge is -2.22. The molecule has 2 aliphatic heterocycles. The summed E-state index contributed by atoms with van der Waals surface area (Å²) in [4.78, 5) is 14.4. The van der Waals surface area contributed by atoms with Crippen LogP contribution in [0.3, 0.4) is 0 Å². The fourth-order valence-electron chi connectivity index (χ4n) is 3.24. The van der Waals surface area contributed by atoms with Crippen LogP contribution in [0, 0.1) is 5.41 Å². The third-order valence-corrected chi connectivity index (χ3v) is 4.87. The number of anilines is 1. The van der Waals surface area contributed by atoms with Crippen LogP contribution in [0.4, 0.5) is 5.69 Å². The van der Waals surface area contributed by atoms with E-state index < -0.39 is 0 Å². The minimum Gasteiger partial charge on any atom is -0.325 e. The topological polar surface area (TPSA) is 44.4 Å². The lowest BCUT2D eigenvalue weighted by molar-refractivity contribution is -0.117. The van der Waals surface area contributed by atoms with Crippen molar-refractivity contribution >= 4 is 39.9 Å². The van der Waals surface area contributed by atoms with Gasteiger partial charge < -0.3 is 10.6 Å². The first kappa shape index (κ1) is 16.7. The second-order valence-electron chi connectivity index (χ2n) is 5.94. The number of nitrogens with one attached hydrogen (secondary N) is 2. The molecule has 3 rings (SSSR count). The second-order valence-corrected chi connectivity index (χ2v) is 6.86. The van der Waals surface area contributed by atoms with E-state index in [1.54, 1.807) is 0 Å². The number of benzene rings is 1. The highest BCUT2D eigenvalue weighted by Gasteiger charge is 2.40. The summed E-state index contributed by atoms with van der Waals surface area (Å²) in [6, 6.07) is 7.69. The number of nitrogens with zero attached hydrogens (tertiary/aromatic N) is 1. The summed E-state index contributed by atoms with van der Waals surface area (Å²) < 4.78 is 1.02. The number of hydrogen-bond acceptors (Lipinski definition) is 3. The van der Waals surface area contributed by atoms with E-state index in [1.807, 2.05) is 24.3 Å². The third kappa shape index (κ3) is 4.19. The molecule has 4 nitrogen and oxygen atoms in total. The fraction of sp³-hybridized carbons (Fsp3) is 0.533. The maximum Gasteiger partial charge on any atom is 0.238 e. The summed E-state index contributed by atoms with van der Waals surface area (Å²) in [7, 11) is 0. The number of halogens is 2. The first-order valence-corrected chi connectivity index (χ1v) is 7.93. The molecule has 2 heterocycles. The van der Waals surface area contributed by atoms with Crippen molar-refractivity contribution in [2.24, 2.45) is 5.41 Å². The molecule has 0 saturated carbocycles. The van der Waals surface area contributed by atoms with Crippen molar-refractivity contribution in [1.29, 1.82) is 0 Å². The van der Waals surface area contributed by atoms with E-state index >= 15 is 0 Å². The Labute approximate surface area is 140 Å². The molecule has 21 heavy (non-hydrogen) atoms. The van der Waals surface area contributed by atoms with E-state index in [9.17, 15) is 4.79 Å². The molecule has 2 fully saturated rings. The number of rotatable bonds is 3. The zero-order chi connectivity index (χ0) is 14.0. The van der Waals surface area contributed by atoms with Gasteiger partial charge in [-0.2, -0.15) is 0 Å². The van der Waals surface area contributed by atoms with Gasteiger partial charge in [0.05, 0.1) is 6.54 Å². The quantitative estimate of drug-likeness (QED) is 0.854. The van der Waals surface area contributed by atoms with E-state index in [1.165, 1.54) is 12.8 Å². The van der Waals surface area contributed by atoms with Crippen LogP contribution in [0.2, 0.25) is 0 Å². The van der Waals surface area contributed by atoms with Crippen LogP contribution < -0.4 is 10.6 Å². The van der Waals surface area contributed by atoms with Gasteiger partial charge in [-0.25, -0.2) is 0 Å². The van der Waals surface area contributed by atoms with Crippen molar-refractivity contribution < 1.29 is 4.79 Å². The highest BCUT2D eigenvalue weighted by molar-refractivity contribution is 9.10. The molecule has 0 aromatic heterocycles. The standard InChI is InChI=1S/C15H20BrN3O.ClH/c16-12-1-3-13(4-2-12)18-14(20)9-19-8-6-15(11-19)5-7-17-10-15;/h1-4,17H,5-11H2,(H,18,20);1H. The normalized spacial score (nSPS) is 25.0. The van der Waals surface area contributed by atoms with Crippen molar-refractivity contribution in [1.82, 2.24) is 10.2 Å². The number of carbonyl (C=O) groups is 1. The van der Waals surface area contributed by atoms with Crippen molar-refractivity contribution in [3.63, 3.8) is 0 Å². The van der Waals surface area contributed by atoms with E-state index in [0.717, 1.165) is 36.3 Å². The molecule has 1 aromatic carbocycles. The summed E-state index contributed by atoms with van der Waals surface area (Å²) in [5.74, 6) is 0.0790. The molecule has 2 saturated heterocycles. The highest BCUT2D eigenvalue weighted by atomic mass is 79.9. The van der Waals surface area contributed by atoms with Gasteiger partial charge in [0.25, 0.3) is 0 Å². The van der Waals surface area contributed by atoms with Crippen molar-refractivity contribution in [3.8, 4) is 0 Å². The number of hydrogen-bond donors (Lipinski definition) is 2. The lowest BCUT2D eigenvalue weighted by atomic mass is 9.87. The van der Waals surface area contributed by atoms with Crippen molar-refractivity contribution in [3.05, 3.63) is 28.7 Å². The Hall–Kier alpha value is -0.620. The Kier molecular flexibility index (Phi) is 5.66. The molecule has 0 radical (unpaired) electrons. The van der Waals surface area contributed by atoms with Gasteiger partial charge in [-0.15, -0.1) is 12.4 Å². The van der Waals surface area contributed by atoms with Gasteiger partial charge in [0.2, 0.25) is 5.91 Å². The van der Waals surface area contributed by atoms with Gasteiger partial charge in [-0.05, 0) is 55.6 Å². The van der Waals surface area contributed by atoms with Crippen LogP contribution in [0.15, 0.2) is 28.7 Å². The monoisotopic (exact) mass is 373 g/mol. The maximum absolute atomic E-state index is 12.1. The zero-order valence-electron chi connectivity index (χ0n) is 11.9. The van der Waals surface area contributed by atoms with E-state index in [4.69, 9.17) is 0 Å². The van der Waals surface area contributed by atoms with Crippen LogP contribution in [0.5, 0.6) is 0 Å². The largest absolute Gasteiger partial charge is 0.325 e. The number of likely N-dealkylation sites (tertiary alicyclic amines) is 1. The van der Waals surface area contributed by atoms with E-state index in [-0.39, 0.29) is 18.3 Å². The molecule has 6 heteroatoms. The van der Waals surface area contributed by atoms with Crippen LogP contribution in [0.25, 0.3) is 0 Å². The smallest absolute Gasteiger partial charge is 0.238 e. The molecule has 1 unspecified atom stereocenters. The SMILES string of the molecule is Cl.O=C(CN1CCC2(CCNC2)C1)Nc1ccc(Br)cc1. The predicted molar refractivity (Wildman–Crippen MR) is 91.0 cm³/mol. The molecular weight excluding hydrogens is 354 g/mol. The van der Waals surface area contributed by atoms with Crippen LogP contribution in [0.1, 0.15) is 12.8 Å². The summed E-state index contributed by atoms with van der Waals surface area (Å²) in [6.07, 6.45) is 2.46. The Morgan fingerprint density at radius 3 is 2.76 bits per heavy atom. The van der Waals surface area contributed by atoms with Crippen LogP contribution in [-0.4, -0.2) is 43.5 Å². The van der Waals surface area contributed by atoms with Gasteiger partial charge in [-0.3, -0.25) is 9.69 Å². The zero-order valence-corrected chi connectivity index (χ0v) is 14.3. The van der Waals surface area contributed by atoms with Crippen molar-refractivity contribution in [2.45, 2.75) is 12.8 Å². The highest BCUT2D eigenvalue weighted by Crippen LogP contribution is 2.35.